The first-order chi connectivity index (χ1) is 15.7. The van der Waals surface area contributed by atoms with Crippen LogP contribution in [-0.4, -0.2) is 10.8 Å². The Bertz CT molecular complexity index is 1390. The van der Waals surface area contributed by atoms with Crippen molar-refractivity contribution in [1.82, 2.24) is 4.98 Å². The maximum atomic E-state index is 13.7. The minimum atomic E-state index is -0.239. The number of carbonyl (C=O) groups excluding carboxylic acids is 1. The summed E-state index contributed by atoms with van der Waals surface area (Å²) in [7, 11) is 0. The van der Waals surface area contributed by atoms with Gasteiger partial charge in [-0.25, -0.2) is 0 Å². The number of aromatic amines is 1. The van der Waals surface area contributed by atoms with E-state index in [1.807, 2.05) is 60.8 Å². The molecule has 5 heteroatoms. The number of hydrogen-bond acceptors (Lipinski definition) is 3. The molecule has 3 aromatic carbocycles. The lowest BCUT2D eigenvalue weighted by molar-refractivity contribution is -0.116. The van der Waals surface area contributed by atoms with E-state index in [9.17, 15) is 4.79 Å². The van der Waals surface area contributed by atoms with E-state index < -0.39 is 0 Å². The molecule has 2 aliphatic rings. The second kappa shape index (κ2) is 7.57. The highest BCUT2D eigenvalue weighted by atomic mass is 35.5. The van der Waals surface area contributed by atoms with Crippen LogP contribution in [0.2, 0.25) is 5.02 Å². The van der Waals surface area contributed by atoms with Crippen molar-refractivity contribution < 1.29 is 4.79 Å². The molecule has 4 nitrogen and oxygen atoms in total. The monoisotopic (exact) mass is 439 g/mol. The zero-order valence-corrected chi connectivity index (χ0v) is 18.1. The summed E-state index contributed by atoms with van der Waals surface area (Å²) in [5.74, 6) is 0.204. The summed E-state index contributed by atoms with van der Waals surface area (Å²) in [6.45, 7) is 0. The fraction of sp³-hybridized carbons (Fsp3) is 0.148. The van der Waals surface area contributed by atoms with Gasteiger partial charge in [0.2, 0.25) is 0 Å². The van der Waals surface area contributed by atoms with Crippen molar-refractivity contribution in [3.8, 4) is 0 Å². The maximum Gasteiger partial charge on any atom is 0.163 e. The number of nitrogens with one attached hydrogen (secondary N) is 3. The van der Waals surface area contributed by atoms with Gasteiger partial charge in [0.05, 0.1) is 17.4 Å². The van der Waals surface area contributed by atoms with Crippen molar-refractivity contribution >= 4 is 39.7 Å². The molecule has 2 heterocycles. The topological polar surface area (TPSA) is 56.9 Å². The fourth-order valence-electron chi connectivity index (χ4n) is 5.08. The molecule has 0 radical (unpaired) electrons. The van der Waals surface area contributed by atoms with Crippen LogP contribution in [0.25, 0.3) is 10.9 Å². The van der Waals surface area contributed by atoms with Gasteiger partial charge in [0.15, 0.2) is 5.78 Å². The number of Topliss-reactive ketones (excluding diaryl/α,β-unsaturated/α-hetero) is 1. The van der Waals surface area contributed by atoms with Crippen LogP contribution in [0, 0.1) is 0 Å². The third-order valence-corrected chi connectivity index (χ3v) is 6.93. The predicted molar refractivity (Wildman–Crippen MR) is 130 cm³/mol. The Hall–Kier alpha value is -3.50. The van der Waals surface area contributed by atoms with Gasteiger partial charge in [-0.3, -0.25) is 4.79 Å². The number of hydrogen-bond donors (Lipinski definition) is 3. The summed E-state index contributed by atoms with van der Waals surface area (Å²) < 4.78 is 0. The van der Waals surface area contributed by atoms with Crippen LogP contribution in [-0.2, 0) is 4.79 Å². The molecule has 32 heavy (non-hydrogen) atoms. The molecule has 0 fully saturated rings. The summed E-state index contributed by atoms with van der Waals surface area (Å²) in [6, 6.07) is 24.0. The van der Waals surface area contributed by atoms with E-state index in [4.69, 9.17) is 11.6 Å². The number of rotatable bonds is 2. The Morgan fingerprint density at radius 3 is 2.44 bits per heavy atom. The number of allylic oxidation sites excluding steroid dienone is 1. The molecule has 0 bridgehead atoms. The number of fused-ring (bicyclic) bond motifs is 2. The molecule has 0 amide bonds. The molecular formula is C27H22ClN3O. The standard InChI is InChI=1S/C27H22ClN3O/c28-20-9-3-1-7-17(20)16-13-24-26(25(32)14-16)27(31-23-12-6-5-11-22(23)30-24)19-15-29-21-10-4-2-8-18(19)21/h1-12,15-16,27,29-31H,13-14H2. The molecular weight excluding hydrogens is 418 g/mol. The summed E-state index contributed by atoms with van der Waals surface area (Å²) in [5.41, 5.74) is 6.93. The number of halogens is 1. The Balaban J connectivity index is 1.51. The first-order valence-electron chi connectivity index (χ1n) is 10.9. The molecule has 158 valence electrons. The normalized spacial score (nSPS) is 20.2. The zero-order valence-electron chi connectivity index (χ0n) is 17.4. The molecule has 0 spiro atoms. The fourth-order valence-corrected chi connectivity index (χ4v) is 5.37. The van der Waals surface area contributed by atoms with Crippen molar-refractivity contribution in [2.24, 2.45) is 0 Å². The minimum Gasteiger partial charge on any atom is -0.372 e. The van der Waals surface area contributed by atoms with Gasteiger partial charge >= 0.3 is 0 Å². The van der Waals surface area contributed by atoms with Crippen LogP contribution >= 0.6 is 11.6 Å². The molecule has 2 unspecified atom stereocenters. The van der Waals surface area contributed by atoms with E-state index in [0.717, 1.165) is 56.1 Å². The Morgan fingerprint density at radius 1 is 0.812 bits per heavy atom. The van der Waals surface area contributed by atoms with Gasteiger partial charge in [-0.15, -0.1) is 0 Å². The average molecular weight is 440 g/mol. The molecule has 1 aliphatic heterocycles. The van der Waals surface area contributed by atoms with E-state index >= 15 is 0 Å². The van der Waals surface area contributed by atoms with Crippen LogP contribution in [0.3, 0.4) is 0 Å². The summed E-state index contributed by atoms with van der Waals surface area (Å²) >= 11 is 6.50. The van der Waals surface area contributed by atoms with Gasteiger partial charge in [0.25, 0.3) is 0 Å². The zero-order chi connectivity index (χ0) is 21.7. The number of anilines is 2. The van der Waals surface area contributed by atoms with Crippen molar-refractivity contribution in [2.45, 2.75) is 24.8 Å². The van der Waals surface area contributed by atoms with Gasteiger partial charge in [0, 0.05) is 45.4 Å². The second-order valence-electron chi connectivity index (χ2n) is 8.48. The van der Waals surface area contributed by atoms with E-state index in [1.54, 1.807) is 0 Å². The highest BCUT2D eigenvalue weighted by Crippen LogP contribution is 2.46. The Labute approximate surface area is 191 Å². The second-order valence-corrected chi connectivity index (χ2v) is 8.89. The molecule has 6 rings (SSSR count). The van der Waals surface area contributed by atoms with Crippen LogP contribution in [0.15, 0.2) is 90.3 Å². The number of H-pyrrole nitrogens is 1. The smallest absolute Gasteiger partial charge is 0.163 e. The molecule has 4 aromatic rings. The van der Waals surface area contributed by atoms with Crippen molar-refractivity contribution in [1.29, 1.82) is 0 Å². The molecule has 3 N–H and O–H groups in total. The van der Waals surface area contributed by atoms with E-state index in [-0.39, 0.29) is 17.7 Å². The van der Waals surface area contributed by atoms with Gasteiger partial charge in [-0.1, -0.05) is 60.1 Å². The highest BCUT2D eigenvalue weighted by Gasteiger charge is 2.37. The van der Waals surface area contributed by atoms with Crippen molar-refractivity contribution in [2.75, 3.05) is 10.6 Å². The van der Waals surface area contributed by atoms with E-state index in [2.05, 4.69) is 33.8 Å². The SMILES string of the molecule is O=C1CC(c2ccccc2Cl)CC2=C1C(c1c[nH]c3ccccc13)Nc1ccccc1N2. The third-order valence-electron chi connectivity index (χ3n) is 6.59. The van der Waals surface area contributed by atoms with Gasteiger partial charge < -0.3 is 15.6 Å². The summed E-state index contributed by atoms with van der Waals surface area (Å²) in [5, 5.41) is 9.10. The lowest BCUT2D eigenvalue weighted by Gasteiger charge is -2.30. The number of aromatic nitrogens is 1. The number of ketones is 1. The largest absolute Gasteiger partial charge is 0.372 e. The number of carbonyl (C=O) groups is 1. The quantitative estimate of drug-likeness (QED) is 0.322. The summed E-state index contributed by atoms with van der Waals surface area (Å²) in [4.78, 5) is 17.0. The van der Waals surface area contributed by atoms with E-state index in [0.29, 0.717) is 6.42 Å². The van der Waals surface area contributed by atoms with Gasteiger partial charge in [-0.05, 0) is 42.2 Å². The average Bonchev–Trinajstić information content (AvgIpc) is 3.15. The van der Waals surface area contributed by atoms with E-state index in [1.165, 1.54) is 0 Å². The van der Waals surface area contributed by atoms with Crippen molar-refractivity contribution in [3.63, 3.8) is 0 Å². The molecule has 2 atom stereocenters. The molecule has 1 aliphatic carbocycles. The van der Waals surface area contributed by atoms with Gasteiger partial charge in [0.1, 0.15) is 0 Å². The lowest BCUT2D eigenvalue weighted by Crippen LogP contribution is -2.26. The maximum absolute atomic E-state index is 13.7. The Kier molecular flexibility index (Phi) is 4.54. The number of benzene rings is 3. The minimum absolute atomic E-state index is 0.0522. The summed E-state index contributed by atoms with van der Waals surface area (Å²) in [6.07, 6.45) is 3.20. The third kappa shape index (κ3) is 3.10. The van der Waals surface area contributed by atoms with Crippen LogP contribution in [0.5, 0.6) is 0 Å². The molecule has 0 saturated carbocycles. The Morgan fingerprint density at radius 2 is 1.56 bits per heavy atom. The number of para-hydroxylation sites is 3. The first-order valence-corrected chi connectivity index (χ1v) is 11.3. The van der Waals surface area contributed by atoms with Crippen molar-refractivity contribution in [3.05, 3.63) is 106 Å². The predicted octanol–water partition coefficient (Wildman–Crippen LogP) is 6.80. The molecule has 0 saturated heterocycles. The van der Waals surface area contributed by atoms with Crippen LogP contribution in [0.4, 0.5) is 11.4 Å². The highest BCUT2D eigenvalue weighted by molar-refractivity contribution is 6.31. The van der Waals surface area contributed by atoms with Gasteiger partial charge in [-0.2, -0.15) is 0 Å². The first kappa shape index (κ1) is 19.2. The lowest BCUT2D eigenvalue weighted by atomic mass is 9.78. The van der Waals surface area contributed by atoms with Crippen LogP contribution in [0.1, 0.15) is 35.9 Å². The van der Waals surface area contributed by atoms with Crippen LogP contribution < -0.4 is 10.6 Å². The molecule has 1 aromatic heterocycles.